The number of allylic oxidation sites excluding steroid dienone is 8. The molecule has 26 heavy (non-hydrogen) atoms. The molecular weight excluding hydrogens is 391 g/mol. The van der Waals surface area contributed by atoms with Gasteiger partial charge in [-0.3, -0.25) is 0 Å². The molecule has 0 aromatic heterocycles. The number of alkyl halides is 3. The van der Waals surface area contributed by atoms with Crippen molar-refractivity contribution in [1.82, 2.24) is 0 Å². The molecule has 0 spiro atoms. The molecule has 0 bridgehead atoms. The first-order chi connectivity index (χ1) is 12.3. The van der Waals surface area contributed by atoms with Crippen LogP contribution >= 0.6 is 12.6 Å². The maximum Gasteiger partial charge on any atom is 0.130 e. The minimum atomic E-state index is -4.30. The Balaban J connectivity index is 0.000000758. The van der Waals surface area contributed by atoms with E-state index in [1.807, 2.05) is 13.8 Å². The van der Waals surface area contributed by atoms with E-state index < -0.39 is 29.6 Å². The van der Waals surface area contributed by atoms with E-state index in [1.54, 1.807) is 12.1 Å². The van der Waals surface area contributed by atoms with Crippen LogP contribution in [0.4, 0.5) is 13.2 Å². The molecule has 2 aliphatic rings. The SMILES string of the molecule is CC1=[C]([Ti]([C]2=C(C)C=CC2)[c]2ccccc2C(F)(F)F)CC=C1.N#CS. The Morgan fingerprint density at radius 3 is 1.85 bits per heavy atom. The zero-order valence-electron chi connectivity index (χ0n) is 14.6. The molecule has 3 rings (SSSR count). The van der Waals surface area contributed by atoms with E-state index in [0.717, 1.165) is 24.0 Å². The average molecular weight is 410 g/mol. The van der Waals surface area contributed by atoms with Crippen molar-refractivity contribution in [3.8, 4) is 5.40 Å². The quantitative estimate of drug-likeness (QED) is 0.379. The Morgan fingerprint density at radius 1 is 1.00 bits per heavy atom. The van der Waals surface area contributed by atoms with E-state index in [2.05, 4.69) is 36.9 Å². The topological polar surface area (TPSA) is 23.8 Å². The van der Waals surface area contributed by atoms with Crippen molar-refractivity contribution < 1.29 is 31.0 Å². The summed E-state index contributed by atoms with van der Waals surface area (Å²) in [5, 5.41) is 8.63. The molecule has 0 fully saturated rings. The van der Waals surface area contributed by atoms with Gasteiger partial charge in [0.25, 0.3) is 0 Å². The van der Waals surface area contributed by atoms with Crippen LogP contribution in [0.5, 0.6) is 0 Å². The van der Waals surface area contributed by atoms with Crippen LogP contribution < -0.4 is 3.87 Å². The molecule has 0 unspecified atom stereocenters. The molecule has 0 radical (unpaired) electrons. The van der Waals surface area contributed by atoms with Crippen LogP contribution in [0.1, 0.15) is 32.3 Å². The summed E-state index contributed by atoms with van der Waals surface area (Å²) in [5.74, 6) is 0. The molecule has 135 valence electrons. The number of hydrogen-bond acceptors (Lipinski definition) is 2. The van der Waals surface area contributed by atoms with Gasteiger partial charge in [0, 0.05) is 0 Å². The summed E-state index contributed by atoms with van der Waals surface area (Å²) in [4.78, 5) is 0. The smallest absolute Gasteiger partial charge is 0.130 e. The van der Waals surface area contributed by atoms with Crippen molar-refractivity contribution in [2.24, 2.45) is 0 Å². The first-order valence-electron chi connectivity index (χ1n) is 8.11. The number of hydrogen-bond donors (Lipinski definition) is 1. The van der Waals surface area contributed by atoms with Crippen LogP contribution in [-0.4, -0.2) is 0 Å². The number of nitrogens with zero attached hydrogens (tertiary/aromatic N) is 1. The number of benzene rings is 1. The predicted octanol–water partition coefficient (Wildman–Crippen LogP) is 5.81. The first kappa shape index (κ1) is 20.8. The summed E-state index contributed by atoms with van der Waals surface area (Å²) in [6, 6.07) is 6.17. The summed E-state index contributed by atoms with van der Waals surface area (Å²) in [6.45, 7) is 4.06. The summed E-state index contributed by atoms with van der Waals surface area (Å²) in [7, 11) is 0. The van der Waals surface area contributed by atoms with E-state index >= 15 is 0 Å². The van der Waals surface area contributed by atoms with Crippen LogP contribution in [0.2, 0.25) is 0 Å². The molecule has 1 aromatic carbocycles. The average Bonchev–Trinajstić information content (AvgIpc) is 3.18. The van der Waals surface area contributed by atoms with Gasteiger partial charge in [-0.2, -0.15) is 5.26 Å². The van der Waals surface area contributed by atoms with Crippen LogP contribution in [0.3, 0.4) is 0 Å². The molecule has 0 heterocycles. The number of nitriles is 1. The Labute approximate surface area is 163 Å². The summed E-state index contributed by atoms with van der Waals surface area (Å²) in [6.07, 6.45) is 5.55. The predicted molar refractivity (Wildman–Crippen MR) is 98.6 cm³/mol. The van der Waals surface area contributed by atoms with Gasteiger partial charge in [0.05, 0.1) is 0 Å². The van der Waals surface area contributed by atoms with E-state index in [4.69, 9.17) is 5.26 Å². The fourth-order valence-electron chi connectivity index (χ4n) is 3.28. The Kier molecular flexibility index (Phi) is 7.17. The molecule has 0 N–H and O–H groups in total. The van der Waals surface area contributed by atoms with E-state index in [0.29, 0.717) is 3.87 Å². The summed E-state index contributed by atoms with van der Waals surface area (Å²) < 4.78 is 43.7. The van der Waals surface area contributed by atoms with Crippen molar-refractivity contribution in [3.05, 3.63) is 73.0 Å². The largest absolute Gasteiger partial charge is 0.185 e. The Bertz CT molecular complexity index is 805. The minimum Gasteiger partial charge on any atom is -0.185 e. The van der Waals surface area contributed by atoms with Gasteiger partial charge in [0.15, 0.2) is 0 Å². The summed E-state index contributed by atoms with van der Waals surface area (Å²) in [5.41, 5.74) is 1.86. The van der Waals surface area contributed by atoms with E-state index in [9.17, 15) is 13.2 Å². The third kappa shape index (κ3) is 4.62. The van der Waals surface area contributed by atoms with Gasteiger partial charge in [0.2, 0.25) is 0 Å². The maximum atomic E-state index is 13.5. The van der Waals surface area contributed by atoms with E-state index in [-0.39, 0.29) is 0 Å². The monoisotopic (exact) mass is 410 g/mol. The molecular formula is C20H19F3NSTi. The van der Waals surface area contributed by atoms with Crippen LogP contribution in [0.25, 0.3) is 0 Å². The fourth-order valence-corrected chi connectivity index (χ4v) is 8.55. The van der Waals surface area contributed by atoms with Crippen molar-refractivity contribution >= 4 is 16.5 Å². The standard InChI is InChI=1S/C7H4F3.2C6H7.CHNS.Ti/c8-7(9,10)6-4-2-1-3-5-6;2*1-6-4-2-3-5-6;2-1-3;/h1-4H;2*2,4H,3H2,1H3;3H;. The zero-order valence-corrected chi connectivity index (χ0v) is 17.0. The van der Waals surface area contributed by atoms with Gasteiger partial charge < -0.3 is 0 Å². The number of thiocyanates is 1. The molecule has 1 nitrogen and oxygen atoms in total. The number of thiol groups is 1. The normalized spacial score (nSPS) is 15.9. The van der Waals surface area contributed by atoms with Crippen molar-refractivity contribution in [1.29, 1.82) is 5.26 Å². The molecule has 0 atom stereocenters. The fraction of sp³-hybridized carbons (Fsp3) is 0.250. The molecule has 2 aliphatic carbocycles. The van der Waals surface area contributed by atoms with Gasteiger partial charge >= 0.3 is 141 Å². The third-order valence-corrected chi connectivity index (χ3v) is 9.71. The maximum absolute atomic E-state index is 13.5. The third-order valence-electron chi connectivity index (χ3n) is 4.44. The Morgan fingerprint density at radius 2 is 1.46 bits per heavy atom. The van der Waals surface area contributed by atoms with Crippen LogP contribution in [0, 0.1) is 10.7 Å². The van der Waals surface area contributed by atoms with Gasteiger partial charge in [-0.05, 0) is 0 Å². The number of halogens is 3. The van der Waals surface area contributed by atoms with Crippen LogP contribution in [0.15, 0.2) is 67.5 Å². The van der Waals surface area contributed by atoms with Crippen molar-refractivity contribution in [2.45, 2.75) is 32.9 Å². The Hall–Kier alpha value is -1.48. The molecule has 0 saturated heterocycles. The second-order valence-electron chi connectivity index (χ2n) is 6.05. The van der Waals surface area contributed by atoms with Gasteiger partial charge in [-0.25, -0.2) is 0 Å². The van der Waals surface area contributed by atoms with Gasteiger partial charge in [-0.1, -0.05) is 12.6 Å². The zero-order chi connectivity index (χ0) is 19.3. The van der Waals surface area contributed by atoms with E-state index in [1.165, 1.54) is 25.3 Å². The first-order valence-corrected chi connectivity index (χ1v) is 10.9. The van der Waals surface area contributed by atoms with Crippen LogP contribution in [-0.2, 0) is 24.0 Å². The minimum absolute atomic E-state index is 0.450. The van der Waals surface area contributed by atoms with Gasteiger partial charge in [-0.15, -0.1) is 0 Å². The summed E-state index contributed by atoms with van der Waals surface area (Å²) >= 11 is 0.708. The molecule has 6 heteroatoms. The second-order valence-corrected chi connectivity index (χ2v) is 10.2. The van der Waals surface area contributed by atoms with Gasteiger partial charge in [0.1, 0.15) is 5.40 Å². The van der Waals surface area contributed by atoms with Crippen molar-refractivity contribution in [2.75, 3.05) is 0 Å². The van der Waals surface area contributed by atoms with Crippen molar-refractivity contribution in [3.63, 3.8) is 0 Å². The second kappa shape index (κ2) is 8.95. The number of rotatable bonds is 3. The molecule has 0 aliphatic heterocycles. The molecule has 0 amide bonds. The molecule has 1 aromatic rings. The molecule has 0 saturated carbocycles.